The van der Waals surface area contributed by atoms with Gasteiger partial charge in [0.1, 0.15) is 5.75 Å². The van der Waals surface area contributed by atoms with Crippen molar-refractivity contribution in [1.82, 2.24) is 4.98 Å². The Kier molecular flexibility index (Phi) is 2.87. The second kappa shape index (κ2) is 4.70. The summed E-state index contributed by atoms with van der Waals surface area (Å²) in [5.41, 5.74) is 2.27. The molecule has 0 radical (unpaired) electrons. The van der Waals surface area contributed by atoms with Gasteiger partial charge in [-0.3, -0.25) is 10.1 Å². The number of hydrogen-bond donors (Lipinski definition) is 1. The van der Waals surface area contributed by atoms with Crippen LogP contribution in [0.5, 0.6) is 5.75 Å². The molecule has 5 nitrogen and oxygen atoms in total. The van der Waals surface area contributed by atoms with E-state index in [-0.39, 0.29) is 10.6 Å². The van der Waals surface area contributed by atoms with Gasteiger partial charge >= 0.3 is 0 Å². The van der Waals surface area contributed by atoms with Crippen molar-refractivity contribution in [2.45, 2.75) is 0 Å². The summed E-state index contributed by atoms with van der Waals surface area (Å²) in [7, 11) is 1.60. The summed E-state index contributed by atoms with van der Waals surface area (Å²) < 4.78 is 5.17. The van der Waals surface area contributed by atoms with Gasteiger partial charge in [-0.15, -0.1) is 0 Å². The summed E-state index contributed by atoms with van der Waals surface area (Å²) in [6, 6.07) is 14.2. The number of nitrogens with zero attached hydrogens (tertiary/aromatic N) is 1. The van der Waals surface area contributed by atoms with Gasteiger partial charge in [0.05, 0.1) is 23.3 Å². The molecule has 0 saturated heterocycles. The maximum absolute atomic E-state index is 11.1. The van der Waals surface area contributed by atoms with Gasteiger partial charge in [0.25, 0.3) is 5.69 Å². The van der Waals surface area contributed by atoms with Crippen LogP contribution in [0.15, 0.2) is 48.5 Å². The molecule has 0 amide bonds. The number of H-pyrrole nitrogens is 1. The van der Waals surface area contributed by atoms with Crippen molar-refractivity contribution in [3.8, 4) is 17.0 Å². The van der Waals surface area contributed by atoms with Gasteiger partial charge in [0, 0.05) is 23.0 Å². The summed E-state index contributed by atoms with van der Waals surface area (Å²) in [6.45, 7) is 0. The number of ether oxygens (including phenoxy) is 1. The van der Waals surface area contributed by atoms with E-state index in [1.165, 1.54) is 6.07 Å². The Morgan fingerprint density at radius 1 is 1.15 bits per heavy atom. The number of fused-ring (bicyclic) bond motifs is 1. The number of benzene rings is 2. The predicted molar refractivity (Wildman–Crippen MR) is 76.9 cm³/mol. The monoisotopic (exact) mass is 268 g/mol. The molecule has 0 saturated carbocycles. The number of methoxy groups -OCH3 is 1. The Bertz CT molecular complexity index is 793. The van der Waals surface area contributed by atoms with E-state index in [1.54, 1.807) is 25.3 Å². The second-order valence-corrected chi connectivity index (χ2v) is 4.41. The Hall–Kier alpha value is -2.82. The number of para-hydroxylation sites is 1. The van der Waals surface area contributed by atoms with Crippen LogP contribution in [0.3, 0.4) is 0 Å². The van der Waals surface area contributed by atoms with Crippen LogP contribution in [0.4, 0.5) is 5.69 Å². The zero-order valence-corrected chi connectivity index (χ0v) is 10.8. The summed E-state index contributed by atoms with van der Waals surface area (Å²) in [5.74, 6) is 0.744. The highest BCUT2D eigenvalue weighted by Gasteiger charge is 2.15. The molecule has 2 aromatic carbocycles. The highest BCUT2D eigenvalue weighted by Crippen LogP contribution is 2.32. The van der Waals surface area contributed by atoms with Crippen molar-refractivity contribution in [2.75, 3.05) is 7.11 Å². The topological polar surface area (TPSA) is 68.2 Å². The lowest BCUT2D eigenvalue weighted by Gasteiger charge is -1.99. The third kappa shape index (κ3) is 1.99. The summed E-state index contributed by atoms with van der Waals surface area (Å²) >= 11 is 0. The number of aromatic nitrogens is 1. The quantitative estimate of drug-likeness (QED) is 0.581. The average molecular weight is 268 g/mol. The molecule has 100 valence electrons. The number of nitro groups is 1. The van der Waals surface area contributed by atoms with E-state index in [0.717, 1.165) is 22.3 Å². The summed E-state index contributed by atoms with van der Waals surface area (Å²) in [6.07, 6.45) is 0. The lowest BCUT2D eigenvalue weighted by molar-refractivity contribution is -0.384. The van der Waals surface area contributed by atoms with Crippen molar-refractivity contribution >= 4 is 16.6 Å². The van der Waals surface area contributed by atoms with Crippen LogP contribution in [0.1, 0.15) is 0 Å². The SMILES string of the molecule is COc1ccc2cc(-c3ccccc3[N+](=O)[O-])[nH]c2c1. The van der Waals surface area contributed by atoms with Crippen LogP contribution < -0.4 is 4.74 Å². The van der Waals surface area contributed by atoms with E-state index in [2.05, 4.69) is 4.98 Å². The van der Waals surface area contributed by atoms with Crippen LogP contribution in [-0.4, -0.2) is 17.0 Å². The first-order chi connectivity index (χ1) is 9.69. The number of aromatic amines is 1. The molecule has 0 aliphatic heterocycles. The van der Waals surface area contributed by atoms with E-state index in [4.69, 9.17) is 4.74 Å². The summed E-state index contributed by atoms with van der Waals surface area (Å²) in [5, 5.41) is 12.1. The fraction of sp³-hybridized carbons (Fsp3) is 0.0667. The van der Waals surface area contributed by atoms with Crippen molar-refractivity contribution in [3.63, 3.8) is 0 Å². The zero-order valence-electron chi connectivity index (χ0n) is 10.8. The average Bonchev–Trinajstić information content (AvgIpc) is 2.89. The molecule has 0 aliphatic rings. The van der Waals surface area contributed by atoms with Crippen molar-refractivity contribution < 1.29 is 9.66 Å². The normalized spacial score (nSPS) is 10.7. The highest BCUT2D eigenvalue weighted by molar-refractivity contribution is 5.88. The molecule has 1 aromatic heterocycles. The van der Waals surface area contributed by atoms with Crippen molar-refractivity contribution in [1.29, 1.82) is 0 Å². The van der Waals surface area contributed by atoms with Gasteiger partial charge < -0.3 is 9.72 Å². The van der Waals surface area contributed by atoms with Gasteiger partial charge in [-0.05, 0) is 24.3 Å². The van der Waals surface area contributed by atoms with E-state index in [9.17, 15) is 10.1 Å². The molecule has 1 heterocycles. The van der Waals surface area contributed by atoms with Gasteiger partial charge in [-0.25, -0.2) is 0 Å². The van der Waals surface area contributed by atoms with E-state index in [0.29, 0.717) is 5.56 Å². The largest absolute Gasteiger partial charge is 0.497 e. The fourth-order valence-electron chi connectivity index (χ4n) is 2.24. The minimum atomic E-state index is -0.374. The maximum Gasteiger partial charge on any atom is 0.278 e. The smallest absolute Gasteiger partial charge is 0.278 e. The Labute approximate surface area is 115 Å². The minimum absolute atomic E-state index is 0.0889. The van der Waals surface area contributed by atoms with Gasteiger partial charge in [-0.2, -0.15) is 0 Å². The van der Waals surface area contributed by atoms with Crippen molar-refractivity contribution in [2.24, 2.45) is 0 Å². The molecule has 20 heavy (non-hydrogen) atoms. The third-order valence-electron chi connectivity index (χ3n) is 3.22. The van der Waals surface area contributed by atoms with E-state index >= 15 is 0 Å². The second-order valence-electron chi connectivity index (χ2n) is 4.41. The van der Waals surface area contributed by atoms with Crippen LogP contribution in [-0.2, 0) is 0 Å². The molecule has 3 rings (SSSR count). The zero-order chi connectivity index (χ0) is 14.1. The Balaban J connectivity index is 2.18. The van der Waals surface area contributed by atoms with Gasteiger partial charge in [-0.1, -0.05) is 12.1 Å². The van der Waals surface area contributed by atoms with Gasteiger partial charge in [0.2, 0.25) is 0 Å². The fourth-order valence-corrected chi connectivity index (χ4v) is 2.24. The van der Waals surface area contributed by atoms with Gasteiger partial charge in [0.15, 0.2) is 0 Å². The molecule has 3 aromatic rings. The summed E-state index contributed by atoms with van der Waals surface area (Å²) in [4.78, 5) is 13.9. The minimum Gasteiger partial charge on any atom is -0.497 e. The molecule has 0 fully saturated rings. The Morgan fingerprint density at radius 2 is 1.95 bits per heavy atom. The van der Waals surface area contributed by atoms with Crippen LogP contribution in [0, 0.1) is 10.1 Å². The number of hydrogen-bond acceptors (Lipinski definition) is 3. The number of nitro benzene ring substituents is 1. The first-order valence-electron chi connectivity index (χ1n) is 6.09. The third-order valence-corrected chi connectivity index (χ3v) is 3.22. The first kappa shape index (κ1) is 12.2. The molecule has 0 unspecified atom stereocenters. The highest BCUT2D eigenvalue weighted by atomic mass is 16.6. The van der Waals surface area contributed by atoms with Crippen LogP contribution >= 0.6 is 0 Å². The molecule has 1 N–H and O–H groups in total. The standard InChI is InChI=1S/C15H12N2O3/c1-20-11-7-6-10-8-14(16-13(10)9-11)12-4-2-3-5-15(12)17(18)19/h2-9,16H,1H3. The molecule has 5 heteroatoms. The van der Waals surface area contributed by atoms with Crippen LogP contribution in [0.25, 0.3) is 22.2 Å². The van der Waals surface area contributed by atoms with E-state index < -0.39 is 0 Å². The van der Waals surface area contributed by atoms with Crippen molar-refractivity contribution in [3.05, 3.63) is 58.6 Å². The molecule has 0 bridgehead atoms. The Morgan fingerprint density at radius 3 is 2.70 bits per heavy atom. The molecule has 0 aliphatic carbocycles. The number of rotatable bonds is 3. The lowest BCUT2D eigenvalue weighted by atomic mass is 10.1. The molecule has 0 atom stereocenters. The predicted octanol–water partition coefficient (Wildman–Crippen LogP) is 3.75. The van der Waals surface area contributed by atoms with Crippen LogP contribution in [0.2, 0.25) is 0 Å². The number of nitrogens with one attached hydrogen (secondary N) is 1. The first-order valence-corrected chi connectivity index (χ1v) is 6.09. The molecule has 0 spiro atoms. The maximum atomic E-state index is 11.1. The molecular weight excluding hydrogens is 256 g/mol. The van der Waals surface area contributed by atoms with E-state index in [1.807, 2.05) is 24.3 Å². The molecular formula is C15H12N2O3. The lowest BCUT2D eigenvalue weighted by Crippen LogP contribution is -1.91.